The van der Waals surface area contributed by atoms with Gasteiger partial charge in [0.1, 0.15) is 0 Å². The van der Waals surface area contributed by atoms with E-state index in [-0.39, 0.29) is 0 Å². The Balaban J connectivity index is 2.10. The molecule has 0 amide bonds. The third kappa shape index (κ3) is 3.49. The Bertz CT molecular complexity index is 526. The van der Waals surface area contributed by atoms with Crippen LogP contribution in [0.2, 0.25) is 5.02 Å². The number of rotatable bonds is 5. The number of hydrogen-bond donors (Lipinski definition) is 1. The zero-order valence-electron chi connectivity index (χ0n) is 11.1. The molecule has 0 unspecified atom stereocenters. The van der Waals surface area contributed by atoms with Crippen LogP contribution in [0.1, 0.15) is 11.1 Å². The van der Waals surface area contributed by atoms with Crippen LogP contribution in [0.5, 0.6) is 0 Å². The maximum atomic E-state index is 6.29. The summed E-state index contributed by atoms with van der Waals surface area (Å²) in [7, 11) is 2.06. The van der Waals surface area contributed by atoms with Gasteiger partial charge in [-0.3, -0.25) is 0 Å². The van der Waals surface area contributed by atoms with Gasteiger partial charge in [-0.05, 0) is 23.6 Å². The normalized spacial score (nSPS) is 10.5. The molecule has 0 fully saturated rings. The largest absolute Gasteiger partial charge is 0.373 e. The van der Waals surface area contributed by atoms with Crippen LogP contribution in [0.25, 0.3) is 0 Å². The lowest BCUT2D eigenvalue weighted by atomic mass is 10.1. The summed E-state index contributed by atoms with van der Waals surface area (Å²) < 4.78 is 0. The van der Waals surface area contributed by atoms with Crippen molar-refractivity contribution in [1.82, 2.24) is 0 Å². The summed E-state index contributed by atoms with van der Waals surface area (Å²) in [5, 5.41) is 0.763. The molecule has 0 aliphatic heterocycles. The molecule has 2 aromatic carbocycles. The van der Waals surface area contributed by atoms with Gasteiger partial charge in [-0.2, -0.15) is 0 Å². The lowest BCUT2D eigenvalue weighted by Gasteiger charge is -2.23. The van der Waals surface area contributed by atoms with Gasteiger partial charge in [-0.15, -0.1) is 0 Å². The molecule has 0 spiro atoms. The molecule has 2 N–H and O–H groups in total. The molecule has 0 aromatic heterocycles. The number of para-hydroxylation sites is 1. The number of halogens is 1. The Kier molecular flexibility index (Phi) is 4.83. The molecule has 0 aliphatic carbocycles. The average molecular weight is 275 g/mol. The predicted molar refractivity (Wildman–Crippen MR) is 82.8 cm³/mol. The average Bonchev–Trinajstić information content (AvgIpc) is 2.45. The summed E-state index contributed by atoms with van der Waals surface area (Å²) in [5.41, 5.74) is 9.24. The van der Waals surface area contributed by atoms with E-state index in [1.54, 1.807) is 0 Å². The highest BCUT2D eigenvalue weighted by Gasteiger charge is 2.10. The number of nitrogens with zero attached hydrogens (tertiary/aromatic N) is 1. The Morgan fingerprint density at radius 2 is 1.79 bits per heavy atom. The van der Waals surface area contributed by atoms with Crippen molar-refractivity contribution in [3.63, 3.8) is 0 Å². The second-order valence-electron chi connectivity index (χ2n) is 4.61. The second-order valence-corrected chi connectivity index (χ2v) is 5.02. The van der Waals surface area contributed by atoms with Gasteiger partial charge in [0.15, 0.2) is 0 Å². The molecule has 2 rings (SSSR count). The smallest absolute Gasteiger partial charge is 0.0642 e. The highest BCUT2D eigenvalue weighted by atomic mass is 35.5. The number of nitrogens with two attached hydrogens (primary N) is 1. The van der Waals surface area contributed by atoms with E-state index in [1.807, 2.05) is 24.3 Å². The third-order valence-electron chi connectivity index (χ3n) is 3.25. The van der Waals surface area contributed by atoms with Crippen molar-refractivity contribution in [3.8, 4) is 0 Å². The molecule has 0 radical (unpaired) electrons. The van der Waals surface area contributed by atoms with Gasteiger partial charge >= 0.3 is 0 Å². The summed E-state index contributed by atoms with van der Waals surface area (Å²) in [6, 6.07) is 16.3. The van der Waals surface area contributed by atoms with Gasteiger partial charge in [-0.25, -0.2) is 0 Å². The Hall–Kier alpha value is -1.51. The van der Waals surface area contributed by atoms with Gasteiger partial charge < -0.3 is 10.6 Å². The highest BCUT2D eigenvalue weighted by molar-refractivity contribution is 6.33. The summed E-state index contributed by atoms with van der Waals surface area (Å²) in [5.74, 6) is 0. The van der Waals surface area contributed by atoms with Crippen LogP contribution in [0, 0.1) is 0 Å². The summed E-state index contributed by atoms with van der Waals surface area (Å²) >= 11 is 6.29. The first kappa shape index (κ1) is 13.9. The Morgan fingerprint density at radius 1 is 1.05 bits per heavy atom. The molecule has 0 bridgehead atoms. The van der Waals surface area contributed by atoms with E-state index in [4.69, 9.17) is 17.3 Å². The summed E-state index contributed by atoms with van der Waals surface area (Å²) in [6.45, 7) is 1.42. The van der Waals surface area contributed by atoms with Gasteiger partial charge in [0, 0.05) is 20.1 Å². The maximum absolute atomic E-state index is 6.29. The SMILES string of the molecule is CN(CCc1ccccc1)c1c(Cl)cccc1CN. The number of hydrogen-bond acceptors (Lipinski definition) is 2. The van der Waals surface area contributed by atoms with Crippen molar-refractivity contribution < 1.29 is 0 Å². The highest BCUT2D eigenvalue weighted by Crippen LogP contribution is 2.28. The topological polar surface area (TPSA) is 29.3 Å². The molecule has 2 aromatic rings. The molecule has 0 saturated carbocycles. The van der Waals surface area contributed by atoms with Crippen LogP contribution in [-0.4, -0.2) is 13.6 Å². The molecule has 0 aliphatic rings. The van der Waals surface area contributed by atoms with E-state index in [0.717, 1.165) is 29.2 Å². The molecule has 3 heteroatoms. The van der Waals surface area contributed by atoms with Crippen LogP contribution >= 0.6 is 11.6 Å². The lowest BCUT2D eigenvalue weighted by Crippen LogP contribution is -2.22. The van der Waals surface area contributed by atoms with Crippen LogP contribution in [0.15, 0.2) is 48.5 Å². The Labute approximate surface area is 119 Å². The number of likely N-dealkylation sites (N-methyl/N-ethyl adjacent to an activating group) is 1. The molecule has 0 heterocycles. The van der Waals surface area contributed by atoms with Crippen molar-refractivity contribution >= 4 is 17.3 Å². The van der Waals surface area contributed by atoms with E-state index >= 15 is 0 Å². The minimum absolute atomic E-state index is 0.506. The molecule has 2 nitrogen and oxygen atoms in total. The van der Waals surface area contributed by atoms with Crippen molar-refractivity contribution in [2.45, 2.75) is 13.0 Å². The second kappa shape index (κ2) is 6.60. The quantitative estimate of drug-likeness (QED) is 0.904. The first-order chi connectivity index (χ1) is 9.22. The van der Waals surface area contributed by atoms with Crippen molar-refractivity contribution in [1.29, 1.82) is 0 Å². The van der Waals surface area contributed by atoms with Crippen LogP contribution in [0.4, 0.5) is 5.69 Å². The van der Waals surface area contributed by atoms with E-state index < -0.39 is 0 Å². The van der Waals surface area contributed by atoms with E-state index in [2.05, 4.69) is 36.2 Å². The summed E-state index contributed by atoms with van der Waals surface area (Å²) in [4.78, 5) is 2.18. The molecule has 0 saturated heterocycles. The standard InChI is InChI=1S/C16H19ClN2/c1-19(11-10-13-6-3-2-4-7-13)16-14(12-18)8-5-9-15(16)17/h2-9H,10-12,18H2,1H3. The molecule has 0 atom stereocenters. The van der Waals surface area contributed by atoms with Crippen LogP contribution in [0.3, 0.4) is 0 Å². The first-order valence-electron chi connectivity index (χ1n) is 6.45. The van der Waals surface area contributed by atoms with Crippen molar-refractivity contribution in [3.05, 3.63) is 64.7 Å². The molecule has 100 valence electrons. The molecular weight excluding hydrogens is 256 g/mol. The van der Waals surface area contributed by atoms with E-state index in [0.29, 0.717) is 6.54 Å². The van der Waals surface area contributed by atoms with Gasteiger partial charge in [0.25, 0.3) is 0 Å². The molecular formula is C16H19ClN2. The fraction of sp³-hybridized carbons (Fsp3) is 0.250. The Morgan fingerprint density at radius 3 is 2.47 bits per heavy atom. The van der Waals surface area contributed by atoms with E-state index in [1.165, 1.54) is 5.56 Å². The number of benzene rings is 2. The third-order valence-corrected chi connectivity index (χ3v) is 3.56. The van der Waals surface area contributed by atoms with Crippen molar-refractivity contribution in [2.24, 2.45) is 5.73 Å². The maximum Gasteiger partial charge on any atom is 0.0642 e. The van der Waals surface area contributed by atoms with Crippen molar-refractivity contribution in [2.75, 3.05) is 18.5 Å². The van der Waals surface area contributed by atoms with E-state index in [9.17, 15) is 0 Å². The zero-order chi connectivity index (χ0) is 13.7. The molecule has 19 heavy (non-hydrogen) atoms. The minimum atomic E-state index is 0.506. The lowest BCUT2D eigenvalue weighted by molar-refractivity contribution is 0.866. The summed E-state index contributed by atoms with van der Waals surface area (Å²) in [6.07, 6.45) is 0.993. The van der Waals surface area contributed by atoms with Gasteiger partial charge in [-0.1, -0.05) is 54.1 Å². The predicted octanol–water partition coefficient (Wildman–Crippen LogP) is 3.48. The zero-order valence-corrected chi connectivity index (χ0v) is 11.9. The monoisotopic (exact) mass is 274 g/mol. The van der Waals surface area contributed by atoms with Crippen LogP contribution in [-0.2, 0) is 13.0 Å². The van der Waals surface area contributed by atoms with Crippen LogP contribution < -0.4 is 10.6 Å². The fourth-order valence-corrected chi connectivity index (χ4v) is 2.54. The fourth-order valence-electron chi connectivity index (χ4n) is 2.21. The van der Waals surface area contributed by atoms with Gasteiger partial charge in [0.2, 0.25) is 0 Å². The first-order valence-corrected chi connectivity index (χ1v) is 6.82. The van der Waals surface area contributed by atoms with Gasteiger partial charge in [0.05, 0.1) is 10.7 Å². The number of anilines is 1. The minimum Gasteiger partial charge on any atom is -0.373 e.